The summed E-state index contributed by atoms with van der Waals surface area (Å²) in [7, 11) is -3.68. The molecule has 0 amide bonds. The van der Waals surface area contributed by atoms with Gasteiger partial charge in [-0.1, -0.05) is 11.2 Å². The molecule has 1 fully saturated rings. The minimum Gasteiger partial charge on any atom is -0.377 e. The van der Waals surface area contributed by atoms with Crippen LogP contribution in [-0.2, 0) is 21.3 Å². The maximum absolute atomic E-state index is 13.1. The molecule has 0 radical (unpaired) electrons. The first-order valence-electron chi connectivity index (χ1n) is 7.55. The molecule has 0 aliphatic carbocycles. The summed E-state index contributed by atoms with van der Waals surface area (Å²) >= 11 is 1.54. The maximum atomic E-state index is 13.1. The Bertz CT molecular complexity index is 727. The quantitative estimate of drug-likeness (QED) is 0.796. The summed E-state index contributed by atoms with van der Waals surface area (Å²) in [5, 5.41) is 5.73. The Balaban J connectivity index is 1.92. The maximum Gasteiger partial charge on any atom is 0.248 e. The number of nitrogens with zero attached hydrogens (tertiary/aromatic N) is 2. The zero-order valence-corrected chi connectivity index (χ0v) is 14.8. The lowest BCUT2D eigenvalue weighted by Crippen LogP contribution is -2.37. The summed E-state index contributed by atoms with van der Waals surface area (Å²) in [6.07, 6.45) is 1.81. The summed E-state index contributed by atoms with van der Waals surface area (Å²) < 4.78 is 38.4. The van der Waals surface area contributed by atoms with Gasteiger partial charge in [-0.2, -0.15) is 4.31 Å². The Labute approximate surface area is 140 Å². The van der Waals surface area contributed by atoms with Crippen molar-refractivity contribution >= 4 is 21.4 Å². The largest absolute Gasteiger partial charge is 0.377 e. The van der Waals surface area contributed by atoms with Gasteiger partial charge in [-0.25, -0.2) is 8.42 Å². The van der Waals surface area contributed by atoms with Gasteiger partial charge in [0.25, 0.3) is 0 Å². The molecule has 0 N–H and O–H groups in total. The minimum absolute atomic E-state index is 0.0507. The van der Waals surface area contributed by atoms with E-state index in [1.54, 1.807) is 25.2 Å². The number of hydrogen-bond acceptors (Lipinski definition) is 6. The Morgan fingerprint density at radius 1 is 1.43 bits per heavy atom. The molecule has 1 saturated heterocycles. The number of hydrogen-bond donors (Lipinski definition) is 0. The molecule has 3 heterocycles. The lowest BCUT2D eigenvalue weighted by molar-refractivity contribution is 0.0927. The van der Waals surface area contributed by atoms with E-state index in [-0.39, 0.29) is 11.0 Å². The predicted octanol–water partition coefficient (Wildman–Crippen LogP) is 2.72. The topological polar surface area (TPSA) is 72.6 Å². The molecule has 0 aromatic carbocycles. The van der Waals surface area contributed by atoms with Gasteiger partial charge in [-0.05, 0) is 38.1 Å². The Kier molecular flexibility index (Phi) is 4.86. The van der Waals surface area contributed by atoms with Crippen LogP contribution in [-0.4, -0.2) is 37.1 Å². The summed E-state index contributed by atoms with van der Waals surface area (Å²) in [5.74, 6) is 0.325. The van der Waals surface area contributed by atoms with E-state index in [0.717, 1.165) is 17.7 Å². The van der Waals surface area contributed by atoms with Crippen LogP contribution in [0.1, 0.15) is 29.2 Å². The van der Waals surface area contributed by atoms with Gasteiger partial charge < -0.3 is 9.26 Å². The fraction of sp³-hybridized carbons (Fsp3) is 0.533. The van der Waals surface area contributed by atoms with E-state index in [1.807, 2.05) is 17.5 Å². The van der Waals surface area contributed by atoms with E-state index in [9.17, 15) is 8.42 Å². The monoisotopic (exact) mass is 356 g/mol. The van der Waals surface area contributed by atoms with Gasteiger partial charge in [0.05, 0.1) is 6.10 Å². The molecule has 23 heavy (non-hydrogen) atoms. The van der Waals surface area contributed by atoms with Gasteiger partial charge in [0, 0.05) is 24.6 Å². The average Bonchev–Trinajstić information content (AvgIpc) is 3.21. The number of ether oxygens (including phenoxy) is 1. The third-order valence-corrected chi connectivity index (χ3v) is 6.83. The summed E-state index contributed by atoms with van der Waals surface area (Å²) in [6.45, 7) is 4.66. The Morgan fingerprint density at radius 2 is 2.26 bits per heavy atom. The molecule has 6 nitrogen and oxygen atoms in total. The molecule has 0 bridgehead atoms. The highest BCUT2D eigenvalue weighted by molar-refractivity contribution is 7.89. The van der Waals surface area contributed by atoms with Crippen molar-refractivity contribution in [3.8, 4) is 0 Å². The highest BCUT2D eigenvalue weighted by Gasteiger charge is 2.33. The van der Waals surface area contributed by atoms with Crippen molar-refractivity contribution in [2.45, 2.75) is 44.2 Å². The van der Waals surface area contributed by atoms with E-state index >= 15 is 0 Å². The van der Waals surface area contributed by atoms with Crippen LogP contribution in [0.5, 0.6) is 0 Å². The number of aryl methyl sites for hydroxylation is 2. The fourth-order valence-electron chi connectivity index (χ4n) is 2.81. The van der Waals surface area contributed by atoms with Gasteiger partial charge >= 0.3 is 0 Å². The Morgan fingerprint density at radius 3 is 2.83 bits per heavy atom. The number of aromatic nitrogens is 1. The normalized spacial score (nSPS) is 18.8. The molecule has 3 rings (SSSR count). The van der Waals surface area contributed by atoms with Crippen molar-refractivity contribution < 1.29 is 17.7 Å². The minimum atomic E-state index is -3.68. The number of rotatable bonds is 6. The highest BCUT2D eigenvalue weighted by Crippen LogP contribution is 2.27. The average molecular weight is 356 g/mol. The first-order valence-corrected chi connectivity index (χ1v) is 9.87. The smallest absolute Gasteiger partial charge is 0.248 e. The van der Waals surface area contributed by atoms with E-state index in [1.165, 1.54) is 4.31 Å². The Hall–Kier alpha value is -1.22. The highest BCUT2D eigenvalue weighted by atomic mass is 32.2. The van der Waals surface area contributed by atoms with Crippen molar-refractivity contribution in [3.63, 3.8) is 0 Å². The van der Waals surface area contributed by atoms with Crippen molar-refractivity contribution in [3.05, 3.63) is 33.8 Å². The van der Waals surface area contributed by atoms with Gasteiger partial charge in [-0.3, -0.25) is 0 Å². The van der Waals surface area contributed by atoms with Crippen LogP contribution in [0.4, 0.5) is 0 Å². The van der Waals surface area contributed by atoms with E-state index in [4.69, 9.17) is 9.26 Å². The first-order chi connectivity index (χ1) is 11.0. The second-order valence-electron chi connectivity index (χ2n) is 5.67. The van der Waals surface area contributed by atoms with Crippen LogP contribution in [0.3, 0.4) is 0 Å². The van der Waals surface area contributed by atoms with Crippen molar-refractivity contribution in [2.24, 2.45) is 0 Å². The standard InChI is InChI=1S/C15H20N2O4S2/c1-11-15(12(2)21-16-11)23(18,19)17(9-13-5-3-7-20-13)10-14-6-4-8-22-14/h4,6,8,13H,3,5,7,9-10H2,1-2H3. The van der Waals surface area contributed by atoms with Gasteiger partial charge in [0.1, 0.15) is 10.6 Å². The van der Waals surface area contributed by atoms with E-state index in [2.05, 4.69) is 5.16 Å². The molecule has 0 saturated carbocycles. The van der Waals surface area contributed by atoms with Crippen LogP contribution < -0.4 is 0 Å². The van der Waals surface area contributed by atoms with Crippen molar-refractivity contribution in [1.29, 1.82) is 0 Å². The molecule has 1 atom stereocenters. The third-order valence-electron chi connectivity index (χ3n) is 3.91. The molecule has 2 aromatic heterocycles. The van der Waals surface area contributed by atoms with Crippen LogP contribution in [0.25, 0.3) is 0 Å². The predicted molar refractivity (Wildman–Crippen MR) is 86.9 cm³/mol. The molecule has 1 aliphatic heterocycles. The summed E-state index contributed by atoms with van der Waals surface area (Å²) in [5.41, 5.74) is 0.394. The fourth-order valence-corrected chi connectivity index (χ4v) is 5.35. The number of thiophene rings is 1. The molecule has 2 aromatic rings. The first kappa shape index (κ1) is 16.6. The summed E-state index contributed by atoms with van der Waals surface area (Å²) in [6, 6.07) is 3.86. The zero-order valence-electron chi connectivity index (χ0n) is 13.2. The van der Waals surface area contributed by atoms with Crippen LogP contribution in [0.2, 0.25) is 0 Å². The SMILES string of the molecule is Cc1noc(C)c1S(=O)(=O)N(Cc1cccs1)CC1CCCO1. The third kappa shape index (κ3) is 3.50. The molecule has 0 spiro atoms. The lowest BCUT2D eigenvalue weighted by Gasteiger charge is -2.24. The summed E-state index contributed by atoms with van der Waals surface area (Å²) in [4.78, 5) is 1.17. The van der Waals surface area contributed by atoms with Crippen LogP contribution >= 0.6 is 11.3 Å². The second-order valence-corrected chi connectivity index (χ2v) is 8.57. The number of sulfonamides is 1. The molecule has 8 heteroatoms. The molecular weight excluding hydrogens is 336 g/mol. The zero-order chi connectivity index (χ0) is 16.4. The van der Waals surface area contributed by atoms with Crippen molar-refractivity contribution in [1.82, 2.24) is 9.46 Å². The van der Waals surface area contributed by atoms with Gasteiger partial charge in [-0.15, -0.1) is 11.3 Å². The molecule has 126 valence electrons. The van der Waals surface area contributed by atoms with Gasteiger partial charge in [0.2, 0.25) is 10.0 Å². The molecular formula is C15H20N2O4S2. The molecule has 1 aliphatic rings. The van der Waals surface area contributed by atoms with Gasteiger partial charge in [0.15, 0.2) is 5.76 Å². The van der Waals surface area contributed by atoms with Crippen LogP contribution in [0.15, 0.2) is 26.9 Å². The van der Waals surface area contributed by atoms with Crippen molar-refractivity contribution in [2.75, 3.05) is 13.2 Å². The lowest BCUT2D eigenvalue weighted by atomic mass is 10.2. The molecule has 1 unspecified atom stereocenters. The van der Waals surface area contributed by atoms with E-state index < -0.39 is 10.0 Å². The van der Waals surface area contributed by atoms with E-state index in [0.29, 0.717) is 31.2 Å². The second kappa shape index (κ2) is 6.72. The van der Waals surface area contributed by atoms with Crippen LogP contribution in [0, 0.1) is 13.8 Å².